The van der Waals surface area contributed by atoms with Gasteiger partial charge in [-0.25, -0.2) is 0 Å². The molecule has 2 nitrogen and oxygen atoms in total. The Kier molecular flexibility index (Phi) is 6.72. The van der Waals surface area contributed by atoms with Crippen LogP contribution >= 0.6 is 0 Å². The number of methoxy groups -OCH3 is 1. The first-order valence-corrected chi connectivity index (χ1v) is 5.54. The normalized spacial score (nSPS) is 9.29. The molecule has 17 heavy (non-hydrogen) atoms. The molecular weight excluding hydrogens is 212 g/mol. The molecule has 0 aliphatic heterocycles. The van der Waals surface area contributed by atoms with E-state index < -0.39 is 0 Å². The Morgan fingerprint density at radius 1 is 0.824 bits per heavy atom. The molecule has 0 amide bonds. The van der Waals surface area contributed by atoms with Crippen molar-refractivity contribution >= 4 is 0 Å². The van der Waals surface area contributed by atoms with Crippen LogP contribution in [0.15, 0.2) is 60.7 Å². The Labute approximate surface area is 102 Å². The van der Waals surface area contributed by atoms with Crippen molar-refractivity contribution in [2.75, 3.05) is 7.11 Å². The van der Waals surface area contributed by atoms with Gasteiger partial charge in [0.15, 0.2) is 0 Å². The van der Waals surface area contributed by atoms with E-state index in [0.717, 1.165) is 5.56 Å². The maximum absolute atomic E-state index is 8.54. The number of benzene rings is 2. The highest BCUT2D eigenvalue weighted by atomic mass is 16.5. The lowest BCUT2D eigenvalue weighted by atomic mass is 10.2. The lowest BCUT2D eigenvalue weighted by Gasteiger charge is -1.95. The Morgan fingerprint density at radius 3 is 1.65 bits per heavy atom. The fourth-order valence-electron chi connectivity index (χ4n) is 1.32. The van der Waals surface area contributed by atoms with Gasteiger partial charge in [0, 0.05) is 7.11 Å². The van der Waals surface area contributed by atoms with Crippen molar-refractivity contribution in [3.8, 4) is 0 Å². The number of aliphatic hydroxyl groups excluding tert-OH is 1. The smallest absolute Gasteiger partial charge is 0.0713 e. The van der Waals surface area contributed by atoms with Crippen molar-refractivity contribution in [2.24, 2.45) is 0 Å². The second-order valence-corrected chi connectivity index (χ2v) is 3.56. The van der Waals surface area contributed by atoms with Gasteiger partial charge in [0.25, 0.3) is 0 Å². The van der Waals surface area contributed by atoms with E-state index in [9.17, 15) is 0 Å². The SMILES string of the molecule is COCc1ccccc1.OCc1ccccc1. The van der Waals surface area contributed by atoms with Crippen LogP contribution in [0.4, 0.5) is 0 Å². The number of aliphatic hydroxyl groups is 1. The average molecular weight is 230 g/mol. The summed E-state index contributed by atoms with van der Waals surface area (Å²) in [5, 5.41) is 8.54. The molecule has 2 aromatic rings. The zero-order valence-corrected chi connectivity index (χ0v) is 10.0. The average Bonchev–Trinajstić information content (AvgIpc) is 2.42. The molecule has 0 aromatic heterocycles. The van der Waals surface area contributed by atoms with E-state index in [2.05, 4.69) is 0 Å². The van der Waals surface area contributed by atoms with Crippen LogP contribution in [0.3, 0.4) is 0 Å². The molecule has 0 saturated heterocycles. The molecule has 0 bridgehead atoms. The van der Waals surface area contributed by atoms with E-state index in [0.29, 0.717) is 6.61 Å². The highest BCUT2D eigenvalue weighted by Gasteiger charge is 1.84. The first kappa shape index (κ1) is 13.4. The zero-order chi connectivity index (χ0) is 12.3. The van der Waals surface area contributed by atoms with Crippen molar-refractivity contribution in [1.82, 2.24) is 0 Å². The number of hydrogen-bond donors (Lipinski definition) is 1. The van der Waals surface area contributed by atoms with Gasteiger partial charge in [-0.1, -0.05) is 60.7 Å². The first-order chi connectivity index (χ1) is 8.36. The van der Waals surface area contributed by atoms with Crippen LogP contribution in [0.1, 0.15) is 11.1 Å². The minimum atomic E-state index is 0.140. The molecule has 0 fully saturated rings. The third kappa shape index (κ3) is 5.85. The van der Waals surface area contributed by atoms with Crippen LogP contribution in [-0.4, -0.2) is 12.2 Å². The largest absolute Gasteiger partial charge is 0.392 e. The van der Waals surface area contributed by atoms with Crippen molar-refractivity contribution in [1.29, 1.82) is 0 Å². The summed E-state index contributed by atoms with van der Waals surface area (Å²) in [6.07, 6.45) is 0. The van der Waals surface area contributed by atoms with Gasteiger partial charge in [0.1, 0.15) is 0 Å². The fourth-order valence-corrected chi connectivity index (χ4v) is 1.32. The standard InChI is InChI=1S/C8H10O.C7H8O/c1-9-7-8-5-3-2-4-6-8;8-6-7-4-2-1-3-5-7/h2-6H,7H2,1H3;1-5,8H,6H2. The molecule has 90 valence electrons. The van der Waals surface area contributed by atoms with Crippen LogP contribution in [0.2, 0.25) is 0 Å². The molecular formula is C15H18O2. The van der Waals surface area contributed by atoms with Gasteiger partial charge in [-0.3, -0.25) is 0 Å². The van der Waals surface area contributed by atoms with Gasteiger partial charge >= 0.3 is 0 Å². The Bertz CT molecular complexity index is 384. The monoisotopic (exact) mass is 230 g/mol. The molecule has 0 heterocycles. The van der Waals surface area contributed by atoms with Crippen molar-refractivity contribution in [3.05, 3.63) is 71.8 Å². The Morgan fingerprint density at radius 2 is 1.29 bits per heavy atom. The Hall–Kier alpha value is -1.64. The number of rotatable bonds is 3. The van der Waals surface area contributed by atoms with E-state index in [-0.39, 0.29) is 6.61 Å². The highest BCUT2D eigenvalue weighted by Crippen LogP contribution is 1.98. The molecule has 0 radical (unpaired) electrons. The quantitative estimate of drug-likeness (QED) is 0.878. The minimum absolute atomic E-state index is 0.140. The molecule has 0 atom stereocenters. The maximum atomic E-state index is 8.54. The van der Waals surface area contributed by atoms with Gasteiger partial charge in [0.2, 0.25) is 0 Å². The van der Waals surface area contributed by atoms with Crippen LogP contribution in [0.25, 0.3) is 0 Å². The van der Waals surface area contributed by atoms with E-state index in [1.807, 2.05) is 60.7 Å². The van der Waals surface area contributed by atoms with Crippen molar-refractivity contribution in [3.63, 3.8) is 0 Å². The summed E-state index contributed by atoms with van der Waals surface area (Å²) in [7, 11) is 1.70. The van der Waals surface area contributed by atoms with Crippen molar-refractivity contribution < 1.29 is 9.84 Å². The molecule has 0 saturated carbocycles. The predicted molar refractivity (Wildman–Crippen MR) is 69.5 cm³/mol. The molecule has 1 N–H and O–H groups in total. The Balaban J connectivity index is 0.000000171. The summed E-state index contributed by atoms with van der Waals surface area (Å²) >= 11 is 0. The van der Waals surface area contributed by atoms with E-state index in [1.54, 1.807) is 7.11 Å². The summed E-state index contributed by atoms with van der Waals surface area (Å²) in [6, 6.07) is 19.6. The predicted octanol–water partition coefficient (Wildman–Crippen LogP) is 3.01. The highest BCUT2D eigenvalue weighted by molar-refractivity contribution is 5.13. The van der Waals surface area contributed by atoms with Gasteiger partial charge < -0.3 is 9.84 Å². The third-order valence-electron chi connectivity index (χ3n) is 2.18. The zero-order valence-electron chi connectivity index (χ0n) is 10.0. The summed E-state index contributed by atoms with van der Waals surface area (Å²) < 4.78 is 4.93. The lowest BCUT2D eigenvalue weighted by Crippen LogP contribution is -1.84. The second kappa shape index (κ2) is 8.50. The minimum Gasteiger partial charge on any atom is -0.392 e. The van der Waals surface area contributed by atoms with Gasteiger partial charge in [-0.05, 0) is 11.1 Å². The second-order valence-electron chi connectivity index (χ2n) is 3.56. The molecule has 0 unspecified atom stereocenters. The van der Waals surface area contributed by atoms with Gasteiger partial charge in [-0.15, -0.1) is 0 Å². The first-order valence-electron chi connectivity index (χ1n) is 5.54. The molecule has 0 spiro atoms. The molecule has 0 aliphatic rings. The van der Waals surface area contributed by atoms with E-state index in [1.165, 1.54) is 5.56 Å². The fraction of sp³-hybridized carbons (Fsp3) is 0.200. The van der Waals surface area contributed by atoms with Crippen molar-refractivity contribution in [2.45, 2.75) is 13.2 Å². The number of hydrogen-bond acceptors (Lipinski definition) is 2. The molecule has 2 aromatic carbocycles. The molecule has 2 heteroatoms. The van der Waals surface area contributed by atoms with Crippen LogP contribution in [0, 0.1) is 0 Å². The van der Waals surface area contributed by atoms with E-state index >= 15 is 0 Å². The third-order valence-corrected chi connectivity index (χ3v) is 2.18. The topological polar surface area (TPSA) is 29.5 Å². The molecule has 2 rings (SSSR count). The summed E-state index contributed by atoms with van der Waals surface area (Å²) in [5.74, 6) is 0. The lowest BCUT2D eigenvalue weighted by molar-refractivity contribution is 0.185. The summed E-state index contributed by atoms with van der Waals surface area (Å²) in [6.45, 7) is 0.849. The van der Waals surface area contributed by atoms with Crippen LogP contribution in [0.5, 0.6) is 0 Å². The van der Waals surface area contributed by atoms with E-state index in [4.69, 9.17) is 9.84 Å². The van der Waals surface area contributed by atoms with Crippen LogP contribution in [-0.2, 0) is 18.0 Å². The van der Waals surface area contributed by atoms with Crippen LogP contribution < -0.4 is 0 Å². The maximum Gasteiger partial charge on any atom is 0.0713 e. The summed E-state index contributed by atoms with van der Waals surface area (Å²) in [5.41, 5.74) is 2.19. The van der Waals surface area contributed by atoms with Gasteiger partial charge in [0.05, 0.1) is 13.2 Å². The summed E-state index contributed by atoms with van der Waals surface area (Å²) in [4.78, 5) is 0. The van der Waals surface area contributed by atoms with Gasteiger partial charge in [-0.2, -0.15) is 0 Å². The molecule has 0 aliphatic carbocycles. The number of ether oxygens (including phenoxy) is 1.